The van der Waals surface area contributed by atoms with Gasteiger partial charge in [-0.25, -0.2) is 0 Å². The molecule has 29 heavy (non-hydrogen) atoms. The highest BCUT2D eigenvalue weighted by molar-refractivity contribution is 5.96. The Labute approximate surface area is 165 Å². The third-order valence-corrected chi connectivity index (χ3v) is 4.28. The molecule has 6 nitrogen and oxygen atoms in total. The van der Waals surface area contributed by atoms with Crippen LogP contribution in [0.4, 0.5) is 13.2 Å². The van der Waals surface area contributed by atoms with Gasteiger partial charge in [0.05, 0.1) is 6.61 Å². The number of hydrogen-bond donors (Lipinski definition) is 1. The van der Waals surface area contributed by atoms with E-state index in [9.17, 15) is 23.1 Å². The Hall–Kier alpha value is -3.07. The highest BCUT2D eigenvalue weighted by atomic mass is 19.4. The second-order valence-electron chi connectivity index (χ2n) is 6.33. The third-order valence-electron chi connectivity index (χ3n) is 4.28. The number of amides is 1. The number of aliphatic hydroxyl groups is 1. The van der Waals surface area contributed by atoms with Crippen LogP contribution in [0.3, 0.4) is 0 Å². The monoisotopic (exact) mass is 408 g/mol. The quantitative estimate of drug-likeness (QED) is 0.790. The van der Waals surface area contributed by atoms with Crippen LogP contribution in [0.1, 0.15) is 29.3 Å². The van der Waals surface area contributed by atoms with Crippen LogP contribution >= 0.6 is 0 Å². The molecule has 1 heterocycles. The van der Waals surface area contributed by atoms with Gasteiger partial charge in [0.1, 0.15) is 18.1 Å². The Bertz CT molecular complexity index is 899. The molecule has 0 unspecified atom stereocenters. The molecule has 1 aliphatic heterocycles. The molecule has 0 aliphatic carbocycles. The summed E-state index contributed by atoms with van der Waals surface area (Å²) < 4.78 is 50.5. The number of ether oxygens (including phenoxy) is 2. The van der Waals surface area contributed by atoms with E-state index in [1.54, 1.807) is 30.3 Å². The Morgan fingerprint density at radius 2 is 1.83 bits per heavy atom. The topological polar surface area (TPSA) is 71.4 Å². The Morgan fingerprint density at radius 1 is 1.17 bits per heavy atom. The minimum absolute atomic E-state index is 0.0421. The molecule has 3 rings (SSSR count). The normalized spacial score (nSPS) is 18.7. The van der Waals surface area contributed by atoms with Crippen molar-refractivity contribution in [1.29, 1.82) is 0 Å². The van der Waals surface area contributed by atoms with E-state index in [-0.39, 0.29) is 17.2 Å². The number of benzene rings is 2. The highest BCUT2D eigenvalue weighted by Gasteiger charge is 2.61. The van der Waals surface area contributed by atoms with E-state index < -0.39 is 24.2 Å². The summed E-state index contributed by atoms with van der Waals surface area (Å²) in [6.45, 7) is 2.52. The molecule has 0 radical (unpaired) electrons. The van der Waals surface area contributed by atoms with Gasteiger partial charge < -0.3 is 14.6 Å². The molecule has 0 spiro atoms. The lowest BCUT2D eigenvalue weighted by Gasteiger charge is -2.32. The minimum Gasteiger partial charge on any atom is -0.494 e. The molecular formula is C20H19F3N2O4. The lowest BCUT2D eigenvalue weighted by molar-refractivity contribution is -0.297. The van der Waals surface area contributed by atoms with Crippen LogP contribution in [-0.4, -0.2) is 40.7 Å². The van der Waals surface area contributed by atoms with Gasteiger partial charge in [0.15, 0.2) is 0 Å². The summed E-state index contributed by atoms with van der Waals surface area (Å²) >= 11 is 0. The van der Waals surface area contributed by atoms with Crippen molar-refractivity contribution in [2.45, 2.75) is 31.9 Å². The van der Waals surface area contributed by atoms with E-state index in [4.69, 9.17) is 9.47 Å². The lowest BCUT2D eigenvalue weighted by Crippen LogP contribution is -2.56. The van der Waals surface area contributed by atoms with Gasteiger partial charge in [0.2, 0.25) is 0 Å². The zero-order valence-electron chi connectivity index (χ0n) is 15.5. The molecule has 0 bridgehead atoms. The number of carbonyl (C=O) groups excluding carboxylic acids is 1. The van der Waals surface area contributed by atoms with E-state index in [0.29, 0.717) is 23.7 Å². The van der Waals surface area contributed by atoms with Crippen molar-refractivity contribution >= 4 is 12.1 Å². The van der Waals surface area contributed by atoms with Crippen molar-refractivity contribution in [3.05, 3.63) is 59.7 Å². The fraction of sp³-hybridized carbons (Fsp3) is 0.300. The molecule has 0 aromatic heterocycles. The largest absolute Gasteiger partial charge is 0.494 e. The van der Waals surface area contributed by atoms with Crippen LogP contribution < -0.4 is 9.47 Å². The van der Waals surface area contributed by atoms with Crippen molar-refractivity contribution in [2.24, 2.45) is 5.10 Å². The van der Waals surface area contributed by atoms with Crippen LogP contribution in [0.2, 0.25) is 0 Å². The first-order chi connectivity index (χ1) is 13.7. The fourth-order valence-electron chi connectivity index (χ4n) is 2.77. The molecule has 1 aliphatic rings. The van der Waals surface area contributed by atoms with Gasteiger partial charge >= 0.3 is 6.18 Å². The zero-order valence-corrected chi connectivity index (χ0v) is 15.5. The number of hydrazone groups is 1. The van der Waals surface area contributed by atoms with Gasteiger partial charge in [-0.1, -0.05) is 12.1 Å². The van der Waals surface area contributed by atoms with Crippen molar-refractivity contribution in [3.8, 4) is 11.5 Å². The number of rotatable bonds is 6. The molecule has 1 N–H and O–H groups in total. The molecular weight excluding hydrogens is 389 g/mol. The van der Waals surface area contributed by atoms with E-state index in [0.717, 1.165) is 6.21 Å². The average Bonchev–Trinajstić information content (AvgIpc) is 3.10. The van der Waals surface area contributed by atoms with Gasteiger partial charge in [-0.2, -0.15) is 23.3 Å². The highest BCUT2D eigenvalue weighted by Crippen LogP contribution is 2.39. The third kappa shape index (κ3) is 4.34. The molecule has 2 aromatic carbocycles. The first-order valence-corrected chi connectivity index (χ1v) is 8.85. The minimum atomic E-state index is -5.03. The Balaban J connectivity index is 1.70. The van der Waals surface area contributed by atoms with Crippen LogP contribution in [0.25, 0.3) is 0 Å². The van der Waals surface area contributed by atoms with Gasteiger partial charge in [0, 0.05) is 18.2 Å². The molecule has 0 fully saturated rings. The van der Waals surface area contributed by atoms with E-state index in [1.807, 2.05) is 6.92 Å². The molecule has 1 atom stereocenters. The SMILES string of the molecule is CCOc1ccc(OCc2cccc(C(=O)N3N=CC[C@]3(O)C(F)(F)F)c2)cc1. The van der Waals surface area contributed by atoms with Crippen molar-refractivity contribution < 1.29 is 32.5 Å². The summed E-state index contributed by atoms with van der Waals surface area (Å²) in [4.78, 5) is 12.5. The van der Waals surface area contributed by atoms with Crippen LogP contribution in [0.5, 0.6) is 11.5 Å². The molecule has 1 amide bonds. The first kappa shape index (κ1) is 20.7. The molecule has 0 saturated carbocycles. The Morgan fingerprint density at radius 3 is 2.45 bits per heavy atom. The first-order valence-electron chi connectivity index (χ1n) is 8.85. The maximum Gasteiger partial charge on any atom is 0.438 e. The summed E-state index contributed by atoms with van der Waals surface area (Å²) in [5.41, 5.74) is -2.82. The predicted octanol–water partition coefficient (Wildman–Crippen LogP) is 3.75. The summed E-state index contributed by atoms with van der Waals surface area (Å²) in [6, 6.07) is 12.9. The lowest BCUT2D eigenvalue weighted by atomic mass is 10.1. The van der Waals surface area contributed by atoms with E-state index >= 15 is 0 Å². The number of nitrogens with zero attached hydrogens (tertiary/aromatic N) is 2. The summed E-state index contributed by atoms with van der Waals surface area (Å²) in [6.07, 6.45) is -4.99. The molecule has 2 aromatic rings. The standard InChI is InChI=1S/C20H19F3N2O4/c1-2-28-16-6-8-17(9-7-16)29-13-14-4-3-5-15(12-14)18(26)25-19(27,10-11-24-25)20(21,22)23/h3-9,11-12,27H,2,10,13H2,1H3/t19-/m0/s1. The maximum atomic E-state index is 13.2. The second-order valence-corrected chi connectivity index (χ2v) is 6.33. The smallest absolute Gasteiger partial charge is 0.438 e. The van der Waals surface area contributed by atoms with E-state index in [2.05, 4.69) is 5.10 Å². The van der Waals surface area contributed by atoms with E-state index in [1.165, 1.54) is 18.2 Å². The van der Waals surface area contributed by atoms with Gasteiger partial charge in [0.25, 0.3) is 11.6 Å². The van der Waals surface area contributed by atoms with Crippen LogP contribution in [0, 0.1) is 0 Å². The average molecular weight is 408 g/mol. The molecule has 0 saturated heterocycles. The summed E-state index contributed by atoms with van der Waals surface area (Å²) in [5.74, 6) is 0.220. The zero-order chi connectivity index (χ0) is 21.1. The maximum absolute atomic E-state index is 13.2. The number of carbonyl (C=O) groups is 1. The summed E-state index contributed by atoms with van der Waals surface area (Å²) in [5, 5.41) is 13.4. The second kappa shape index (κ2) is 8.12. The predicted molar refractivity (Wildman–Crippen MR) is 98.7 cm³/mol. The number of alkyl halides is 3. The number of hydrogen-bond acceptors (Lipinski definition) is 5. The number of halogens is 3. The van der Waals surface area contributed by atoms with Crippen molar-refractivity contribution in [2.75, 3.05) is 6.61 Å². The molecule has 154 valence electrons. The van der Waals surface area contributed by atoms with Crippen molar-refractivity contribution in [3.63, 3.8) is 0 Å². The summed E-state index contributed by atoms with van der Waals surface area (Å²) in [7, 11) is 0. The van der Waals surface area contributed by atoms with Gasteiger partial charge in [-0.15, -0.1) is 0 Å². The van der Waals surface area contributed by atoms with Gasteiger partial charge in [-0.3, -0.25) is 4.79 Å². The van der Waals surface area contributed by atoms with Crippen LogP contribution in [-0.2, 0) is 6.61 Å². The van der Waals surface area contributed by atoms with Crippen LogP contribution in [0.15, 0.2) is 53.6 Å². The van der Waals surface area contributed by atoms with Gasteiger partial charge in [-0.05, 0) is 48.9 Å². The fourth-order valence-corrected chi connectivity index (χ4v) is 2.77. The van der Waals surface area contributed by atoms with Crippen molar-refractivity contribution in [1.82, 2.24) is 5.01 Å². The molecule has 9 heteroatoms. The Kier molecular flexibility index (Phi) is 5.78.